The van der Waals surface area contributed by atoms with Crippen LogP contribution < -0.4 is 20.4 Å². The average molecular weight is 809 g/mol. The van der Waals surface area contributed by atoms with Gasteiger partial charge in [-0.3, -0.25) is 20.0 Å². The van der Waals surface area contributed by atoms with Crippen molar-refractivity contribution in [3.63, 3.8) is 0 Å². The van der Waals surface area contributed by atoms with Gasteiger partial charge in [-0.15, -0.1) is 0 Å². The maximum Gasteiger partial charge on any atom is 0.262 e. The normalized spacial score (nSPS) is 20.9. The van der Waals surface area contributed by atoms with Crippen LogP contribution in [0.15, 0.2) is 119 Å². The minimum absolute atomic E-state index is 0.0813. The molecule has 0 saturated carbocycles. The molecule has 2 aliphatic heterocycles. The van der Waals surface area contributed by atoms with Crippen molar-refractivity contribution < 1.29 is 46.3 Å². The fourth-order valence-corrected chi connectivity index (χ4v) is 10.7. The molecule has 14 nitrogen and oxygen atoms in total. The van der Waals surface area contributed by atoms with Crippen LogP contribution in [0.4, 0.5) is 0 Å². The minimum atomic E-state index is -3.95. The van der Waals surface area contributed by atoms with E-state index in [-0.39, 0.29) is 34.7 Å². The number of amides is 2. The minimum Gasteiger partial charge on any atom is -0.497 e. The molecule has 2 heterocycles. The topological polar surface area (TPSA) is 192 Å². The van der Waals surface area contributed by atoms with Gasteiger partial charge in [0.05, 0.1) is 24.0 Å². The van der Waals surface area contributed by atoms with Gasteiger partial charge in [-0.25, -0.2) is 27.8 Å². The summed E-state index contributed by atoms with van der Waals surface area (Å²) < 4.78 is 66.1. The van der Waals surface area contributed by atoms with Crippen LogP contribution in [0.1, 0.15) is 61.5 Å². The molecule has 0 aromatic heterocycles. The molecule has 4 aromatic carbocycles. The first-order chi connectivity index (χ1) is 27.0. The first-order valence-electron chi connectivity index (χ1n) is 18.3. The van der Waals surface area contributed by atoms with Gasteiger partial charge in [-0.1, -0.05) is 73.5 Å². The van der Waals surface area contributed by atoms with Crippen molar-refractivity contribution in [3.05, 3.63) is 120 Å². The fourth-order valence-electron chi connectivity index (χ4n) is 7.42. The molecule has 300 valence electrons. The Morgan fingerprint density at radius 1 is 0.554 bits per heavy atom. The second kappa shape index (κ2) is 19.3. The van der Waals surface area contributed by atoms with Crippen molar-refractivity contribution >= 4 is 31.9 Å². The van der Waals surface area contributed by atoms with Gasteiger partial charge in [-0.2, -0.15) is 8.61 Å². The fraction of sp³-hybridized carbons (Fsp3) is 0.350. The van der Waals surface area contributed by atoms with Crippen LogP contribution >= 0.6 is 0 Å². The van der Waals surface area contributed by atoms with Crippen LogP contribution in [0.3, 0.4) is 0 Å². The van der Waals surface area contributed by atoms with Gasteiger partial charge in [0.1, 0.15) is 23.6 Å². The lowest BCUT2D eigenvalue weighted by Crippen LogP contribution is -2.51. The quantitative estimate of drug-likeness (QED) is 0.125. The average Bonchev–Trinajstić information content (AvgIpc) is 3.62. The highest BCUT2D eigenvalue weighted by atomic mass is 32.2. The van der Waals surface area contributed by atoms with E-state index < -0.39 is 43.9 Å². The third-order valence-electron chi connectivity index (χ3n) is 10.2. The van der Waals surface area contributed by atoms with E-state index in [1.54, 1.807) is 35.2 Å². The smallest absolute Gasteiger partial charge is 0.262 e. The van der Waals surface area contributed by atoms with Crippen LogP contribution in [0, 0.1) is 0 Å². The Labute approximate surface area is 328 Å². The summed E-state index contributed by atoms with van der Waals surface area (Å²) in [5.41, 5.74) is 5.07. The Kier molecular flexibility index (Phi) is 14.6. The molecule has 0 spiro atoms. The Bertz CT molecular complexity index is 1950. The molecule has 0 unspecified atom stereocenters. The van der Waals surface area contributed by atoms with Gasteiger partial charge in [0.15, 0.2) is 0 Å². The lowest BCUT2D eigenvalue weighted by atomic mass is 9.87. The maximum atomic E-state index is 13.4. The molecule has 6 rings (SSSR count). The standard InChI is InChI=1S/2C20H24N2O5S/c2*1-27-16-10-12-17(13-11-16)28(25,26)22-14-6-5-9-18(19(22)20(23)21-24)15-7-3-2-4-8-15/h2*2-4,7-8,10-13,18-19,24H,5-6,9,14H2,1H3,(H,21,23)/t2*18-,19+/m11/s1. The molecular formula is C40H48N4O10S2. The summed E-state index contributed by atoms with van der Waals surface area (Å²) in [5.74, 6) is -1.09. The molecule has 0 aliphatic carbocycles. The van der Waals surface area contributed by atoms with Crippen molar-refractivity contribution in [1.29, 1.82) is 0 Å². The molecule has 2 aliphatic rings. The van der Waals surface area contributed by atoms with Gasteiger partial charge in [-0.05, 0) is 85.3 Å². The van der Waals surface area contributed by atoms with Gasteiger partial charge in [0, 0.05) is 24.9 Å². The number of sulfonamides is 2. The number of hydrogen-bond acceptors (Lipinski definition) is 10. The third-order valence-corrected chi connectivity index (χ3v) is 14.0. The van der Waals surface area contributed by atoms with Crippen LogP contribution in [0.25, 0.3) is 0 Å². The van der Waals surface area contributed by atoms with E-state index in [0.29, 0.717) is 37.2 Å². The molecule has 0 radical (unpaired) electrons. The first-order valence-corrected chi connectivity index (χ1v) is 21.2. The number of rotatable bonds is 10. The van der Waals surface area contributed by atoms with Crippen molar-refractivity contribution in [2.24, 2.45) is 0 Å². The molecule has 56 heavy (non-hydrogen) atoms. The largest absolute Gasteiger partial charge is 0.497 e. The summed E-state index contributed by atoms with van der Waals surface area (Å²) in [6.07, 6.45) is 4.13. The highest BCUT2D eigenvalue weighted by Gasteiger charge is 2.44. The molecule has 4 N–H and O–H groups in total. The summed E-state index contributed by atoms with van der Waals surface area (Å²) in [6, 6.07) is 28.7. The zero-order valence-electron chi connectivity index (χ0n) is 31.2. The van der Waals surface area contributed by atoms with Gasteiger partial charge >= 0.3 is 0 Å². The predicted molar refractivity (Wildman–Crippen MR) is 207 cm³/mol. The Morgan fingerprint density at radius 2 is 0.893 bits per heavy atom. The van der Waals surface area contributed by atoms with E-state index in [4.69, 9.17) is 9.47 Å². The van der Waals surface area contributed by atoms with E-state index in [0.717, 1.165) is 24.0 Å². The van der Waals surface area contributed by atoms with Crippen LogP contribution in [-0.2, 0) is 29.6 Å². The Balaban J connectivity index is 0.000000214. The zero-order valence-corrected chi connectivity index (χ0v) is 32.9. The summed E-state index contributed by atoms with van der Waals surface area (Å²) in [5, 5.41) is 18.7. The monoisotopic (exact) mass is 808 g/mol. The first kappa shape index (κ1) is 42.3. The predicted octanol–water partition coefficient (Wildman–Crippen LogP) is 5.06. The van der Waals surface area contributed by atoms with E-state index in [2.05, 4.69) is 0 Å². The van der Waals surface area contributed by atoms with Crippen molar-refractivity contribution in [3.8, 4) is 11.5 Å². The molecule has 4 aromatic rings. The summed E-state index contributed by atoms with van der Waals surface area (Å²) in [6.45, 7) is 0.408. The summed E-state index contributed by atoms with van der Waals surface area (Å²) in [4.78, 5) is 25.4. The number of methoxy groups -OCH3 is 2. The molecule has 2 fully saturated rings. The van der Waals surface area contributed by atoms with E-state index >= 15 is 0 Å². The third kappa shape index (κ3) is 9.57. The Hall–Kier alpha value is -4.84. The van der Waals surface area contributed by atoms with Crippen LogP contribution in [0.5, 0.6) is 11.5 Å². The van der Waals surface area contributed by atoms with Gasteiger partial charge in [0.25, 0.3) is 11.8 Å². The van der Waals surface area contributed by atoms with Gasteiger partial charge < -0.3 is 9.47 Å². The molecular weight excluding hydrogens is 761 g/mol. The lowest BCUT2D eigenvalue weighted by Gasteiger charge is -2.32. The molecule has 4 atom stereocenters. The maximum absolute atomic E-state index is 13.4. The van der Waals surface area contributed by atoms with Crippen molar-refractivity contribution in [2.75, 3.05) is 27.3 Å². The van der Waals surface area contributed by atoms with E-state index in [9.17, 15) is 36.8 Å². The van der Waals surface area contributed by atoms with E-state index in [1.165, 1.54) is 47.1 Å². The number of carbonyl (C=O) groups excluding carboxylic acids is 2. The second-order valence-electron chi connectivity index (χ2n) is 13.5. The number of hydroxylamine groups is 2. The van der Waals surface area contributed by atoms with Gasteiger partial charge in [0.2, 0.25) is 20.0 Å². The SMILES string of the molecule is COc1ccc(S(=O)(=O)N2CCCC[C@H](c3ccccc3)[C@H]2C(=O)NO)cc1.COc1ccc(S(=O)(=O)N2CCCC[C@H](c3ccccc3)[C@H]2C(=O)NO)cc1. The Morgan fingerprint density at radius 3 is 1.20 bits per heavy atom. The molecule has 16 heteroatoms. The number of nitrogens with one attached hydrogen (secondary N) is 2. The zero-order chi connectivity index (χ0) is 40.3. The molecule has 2 saturated heterocycles. The van der Waals surface area contributed by atoms with Crippen LogP contribution in [0.2, 0.25) is 0 Å². The molecule has 0 bridgehead atoms. The number of carbonyl (C=O) groups is 2. The van der Waals surface area contributed by atoms with Crippen molar-refractivity contribution in [2.45, 2.75) is 72.2 Å². The second-order valence-corrected chi connectivity index (χ2v) is 17.2. The van der Waals surface area contributed by atoms with Crippen LogP contribution in [-0.4, -0.2) is 87.1 Å². The lowest BCUT2D eigenvalue weighted by molar-refractivity contribution is -0.134. The molecule has 2 amide bonds. The highest BCUT2D eigenvalue weighted by Crippen LogP contribution is 2.37. The summed E-state index contributed by atoms with van der Waals surface area (Å²) in [7, 11) is -4.89. The summed E-state index contributed by atoms with van der Waals surface area (Å²) >= 11 is 0. The number of benzene rings is 4. The van der Waals surface area contributed by atoms with Crippen molar-refractivity contribution in [1.82, 2.24) is 19.6 Å². The number of nitrogens with zero attached hydrogens (tertiary/aromatic N) is 2. The number of ether oxygens (including phenoxy) is 2. The van der Waals surface area contributed by atoms with E-state index in [1.807, 2.05) is 60.7 Å². The highest BCUT2D eigenvalue weighted by molar-refractivity contribution is 7.89. The number of hydrogen-bond donors (Lipinski definition) is 4.